The van der Waals surface area contributed by atoms with Crippen LogP contribution in [0.5, 0.6) is 0 Å². The molecule has 1 amide bonds. The van der Waals surface area contributed by atoms with E-state index in [0.29, 0.717) is 24.3 Å². The number of hydrogen-bond acceptors (Lipinski definition) is 4. The molecule has 152 valence electrons. The summed E-state index contributed by atoms with van der Waals surface area (Å²) in [6, 6.07) is 13.4. The molecule has 0 aliphatic carbocycles. The fraction of sp³-hybridized carbons (Fsp3) is 0.381. The number of carbonyl (C=O) groups excluding carboxylic acids is 1. The lowest BCUT2D eigenvalue weighted by Crippen LogP contribution is -2.31. The molecule has 2 N–H and O–H groups in total. The van der Waals surface area contributed by atoms with Crippen molar-refractivity contribution in [2.75, 3.05) is 31.9 Å². The molecule has 0 saturated carbocycles. The minimum absolute atomic E-state index is 0.0582. The van der Waals surface area contributed by atoms with Gasteiger partial charge < -0.3 is 10.2 Å². The fourth-order valence-electron chi connectivity index (χ4n) is 2.63. The summed E-state index contributed by atoms with van der Waals surface area (Å²) in [5.41, 5.74) is 2.00. The van der Waals surface area contributed by atoms with Crippen LogP contribution in [0.25, 0.3) is 0 Å². The van der Waals surface area contributed by atoms with Gasteiger partial charge in [0.15, 0.2) is 0 Å². The van der Waals surface area contributed by atoms with Gasteiger partial charge in [0.2, 0.25) is 0 Å². The number of nitrogens with zero attached hydrogens (tertiary/aromatic N) is 1. The largest absolute Gasteiger partial charge is 0.351 e. The molecule has 0 fully saturated rings. The zero-order chi connectivity index (χ0) is 20.6. The van der Waals surface area contributed by atoms with Gasteiger partial charge in [0.25, 0.3) is 15.9 Å². The summed E-state index contributed by atoms with van der Waals surface area (Å²) in [7, 11) is 0.0647. The summed E-state index contributed by atoms with van der Waals surface area (Å²) in [5, 5.41) is 2.79. The summed E-state index contributed by atoms with van der Waals surface area (Å²) in [5.74, 6) is -0.292. The number of likely N-dealkylation sites (N-methyl/N-ethyl adjacent to an activating group) is 1. The number of benzene rings is 2. The molecule has 6 nitrogen and oxygen atoms in total. The average molecular weight is 404 g/mol. The van der Waals surface area contributed by atoms with E-state index >= 15 is 0 Å². The van der Waals surface area contributed by atoms with E-state index in [4.69, 9.17) is 0 Å². The third-order valence-electron chi connectivity index (χ3n) is 4.28. The van der Waals surface area contributed by atoms with Gasteiger partial charge in [-0.2, -0.15) is 0 Å². The third-order valence-corrected chi connectivity index (χ3v) is 5.66. The molecule has 0 aromatic heterocycles. The number of carbonyl (C=O) groups is 1. The molecule has 0 atom stereocenters. The number of amides is 1. The number of sulfonamides is 1. The highest BCUT2D eigenvalue weighted by atomic mass is 32.2. The van der Waals surface area contributed by atoms with Crippen molar-refractivity contribution in [1.29, 1.82) is 0 Å². The number of anilines is 1. The van der Waals surface area contributed by atoms with Crippen LogP contribution in [0.15, 0.2) is 53.4 Å². The third kappa shape index (κ3) is 6.65. The molecule has 28 heavy (non-hydrogen) atoms. The number of nitrogens with one attached hydrogen (secondary N) is 2. The van der Waals surface area contributed by atoms with Gasteiger partial charge in [-0.05, 0) is 62.8 Å². The van der Waals surface area contributed by atoms with Crippen molar-refractivity contribution in [3.63, 3.8) is 0 Å². The minimum Gasteiger partial charge on any atom is -0.351 e. The van der Waals surface area contributed by atoms with Gasteiger partial charge in [0.05, 0.1) is 4.90 Å². The Morgan fingerprint density at radius 3 is 2.43 bits per heavy atom. The van der Waals surface area contributed by atoms with E-state index in [1.807, 2.05) is 31.1 Å². The first-order valence-electron chi connectivity index (χ1n) is 9.46. The Kier molecular flexibility index (Phi) is 8.02. The second-order valence-electron chi connectivity index (χ2n) is 6.99. The van der Waals surface area contributed by atoms with Crippen molar-refractivity contribution in [2.24, 2.45) is 0 Å². The lowest BCUT2D eigenvalue weighted by Gasteiger charge is -2.12. The predicted molar refractivity (Wildman–Crippen MR) is 113 cm³/mol. The van der Waals surface area contributed by atoms with E-state index in [2.05, 4.69) is 17.0 Å². The average Bonchev–Trinajstić information content (AvgIpc) is 2.67. The molecule has 0 bridgehead atoms. The SMILES string of the molecule is CCCCc1ccc(NS(=O)(=O)c2cccc(C(=O)NCCN(C)C)c2)cc1. The quantitative estimate of drug-likeness (QED) is 0.639. The van der Waals surface area contributed by atoms with Crippen LogP contribution >= 0.6 is 0 Å². The lowest BCUT2D eigenvalue weighted by atomic mass is 10.1. The Balaban J connectivity index is 2.07. The Hall–Kier alpha value is -2.38. The van der Waals surface area contributed by atoms with Crippen LogP contribution in [0, 0.1) is 0 Å². The fourth-order valence-corrected chi connectivity index (χ4v) is 3.74. The highest BCUT2D eigenvalue weighted by molar-refractivity contribution is 7.92. The Bertz CT molecular complexity index is 878. The zero-order valence-electron chi connectivity index (χ0n) is 16.7. The monoisotopic (exact) mass is 403 g/mol. The maximum Gasteiger partial charge on any atom is 0.261 e. The molecule has 2 aromatic rings. The van der Waals surface area contributed by atoms with E-state index in [1.54, 1.807) is 24.3 Å². The normalized spacial score (nSPS) is 11.4. The summed E-state index contributed by atoms with van der Waals surface area (Å²) >= 11 is 0. The van der Waals surface area contributed by atoms with Gasteiger partial charge in [-0.25, -0.2) is 8.42 Å². The molecule has 0 saturated heterocycles. The Morgan fingerprint density at radius 1 is 1.07 bits per heavy atom. The van der Waals surface area contributed by atoms with Crippen molar-refractivity contribution in [3.8, 4) is 0 Å². The molecule has 0 aliphatic rings. The van der Waals surface area contributed by atoms with E-state index in [1.165, 1.54) is 17.7 Å². The zero-order valence-corrected chi connectivity index (χ0v) is 17.6. The van der Waals surface area contributed by atoms with E-state index < -0.39 is 10.0 Å². The first-order chi connectivity index (χ1) is 13.3. The van der Waals surface area contributed by atoms with Crippen LogP contribution in [0.4, 0.5) is 5.69 Å². The van der Waals surface area contributed by atoms with E-state index in [0.717, 1.165) is 19.3 Å². The summed E-state index contributed by atoms with van der Waals surface area (Å²) in [6.45, 7) is 3.34. The number of rotatable bonds is 10. The summed E-state index contributed by atoms with van der Waals surface area (Å²) < 4.78 is 28.0. The topological polar surface area (TPSA) is 78.5 Å². The van der Waals surface area contributed by atoms with Crippen molar-refractivity contribution in [2.45, 2.75) is 31.1 Å². The molecule has 0 radical (unpaired) electrons. The van der Waals surface area contributed by atoms with Crippen LogP contribution in [0.2, 0.25) is 0 Å². The summed E-state index contributed by atoms with van der Waals surface area (Å²) in [4.78, 5) is 14.3. The molecule has 2 rings (SSSR count). The molecule has 0 unspecified atom stereocenters. The second kappa shape index (κ2) is 10.2. The molecule has 2 aromatic carbocycles. The van der Waals surface area contributed by atoms with Gasteiger partial charge in [0, 0.05) is 24.3 Å². The van der Waals surface area contributed by atoms with E-state index in [-0.39, 0.29) is 10.8 Å². The Labute approximate surface area is 168 Å². The van der Waals surface area contributed by atoms with Crippen molar-refractivity contribution in [3.05, 3.63) is 59.7 Å². The van der Waals surface area contributed by atoms with Crippen LogP contribution in [-0.2, 0) is 16.4 Å². The van der Waals surface area contributed by atoms with Gasteiger partial charge in [0.1, 0.15) is 0 Å². The van der Waals surface area contributed by atoms with Gasteiger partial charge >= 0.3 is 0 Å². The van der Waals surface area contributed by atoms with E-state index in [9.17, 15) is 13.2 Å². The highest BCUT2D eigenvalue weighted by Crippen LogP contribution is 2.18. The maximum absolute atomic E-state index is 12.7. The standard InChI is InChI=1S/C21H29N3O3S/c1-4-5-7-17-10-12-19(13-11-17)23-28(26,27)20-9-6-8-18(16-20)21(25)22-14-15-24(2)3/h6,8-13,16,23H,4-5,7,14-15H2,1-3H3,(H,22,25). The maximum atomic E-state index is 12.7. The van der Waals surface area contributed by atoms with Gasteiger partial charge in [-0.1, -0.05) is 31.5 Å². The predicted octanol–water partition coefficient (Wildman–Crippen LogP) is 3.12. The van der Waals surface area contributed by atoms with Gasteiger partial charge in [-0.15, -0.1) is 0 Å². The molecule has 0 spiro atoms. The van der Waals surface area contributed by atoms with Gasteiger partial charge in [-0.3, -0.25) is 9.52 Å². The minimum atomic E-state index is -3.77. The van der Waals surface area contributed by atoms with Crippen molar-refractivity contribution >= 4 is 21.6 Å². The van der Waals surface area contributed by atoms with Crippen LogP contribution in [-0.4, -0.2) is 46.4 Å². The highest BCUT2D eigenvalue weighted by Gasteiger charge is 2.16. The number of hydrogen-bond donors (Lipinski definition) is 2. The molecule has 0 heterocycles. The first kappa shape index (κ1) is 21.9. The van der Waals surface area contributed by atoms with Crippen LogP contribution in [0.1, 0.15) is 35.7 Å². The number of aryl methyl sites for hydroxylation is 1. The second-order valence-corrected chi connectivity index (χ2v) is 8.68. The van der Waals surface area contributed by atoms with Crippen LogP contribution < -0.4 is 10.0 Å². The molecule has 0 aliphatic heterocycles. The molecular weight excluding hydrogens is 374 g/mol. The molecular formula is C21H29N3O3S. The van der Waals surface area contributed by atoms with Crippen molar-refractivity contribution < 1.29 is 13.2 Å². The number of unbranched alkanes of at least 4 members (excludes halogenated alkanes) is 1. The smallest absolute Gasteiger partial charge is 0.261 e. The first-order valence-corrected chi connectivity index (χ1v) is 10.9. The molecule has 7 heteroatoms. The lowest BCUT2D eigenvalue weighted by molar-refractivity contribution is 0.0951. The summed E-state index contributed by atoms with van der Waals surface area (Å²) in [6.07, 6.45) is 3.20. The van der Waals surface area contributed by atoms with Crippen molar-refractivity contribution in [1.82, 2.24) is 10.2 Å². The Morgan fingerprint density at radius 2 is 1.79 bits per heavy atom. The van der Waals surface area contributed by atoms with Crippen LogP contribution in [0.3, 0.4) is 0 Å².